The predicted molar refractivity (Wildman–Crippen MR) is 99.2 cm³/mol. The Kier molecular flexibility index (Phi) is 4.77. The number of hydrogen-bond acceptors (Lipinski definition) is 4. The van der Waals surface area contributed by atoms with Crippen molar-refractivity contribution in [2.45, 2.75) is 0 Å². The number of nitriles is 1. The van der Waals surface area contributed by atoms with Crippen molar-refractivity contribution >= 4 is 17.8 Å². The van der Waals surface area contributed by atoms with Crippen molar-refractivity contribution < 1.29 is 9.90 Å². The Labute approximate surface area is 150 Å². The lowest BCUT2D eigenvalue weighted by Crippen LogP contribution is -2.32. The van der Waals surface area contributed by atoms with Crippen LogP contribution in [0.2, 0.25) is 0 Å². The molecule has 0 unspecified atom stereocenters. The quantitative estimate of drug-likeness (QED) is 0.882. The second kappa shape index (κ2) is 7.32. The summed E-state index contributed by atoms with van der Waals surface area (Å²) in [6, 6.07) is 19.8. The van der Waals surface area contributed by atoms with Gasteiger partial charge in [-0.15, -0.1) is 0 Å². The molecule has 1 amide bonds. The number of benzene rings is 2. The summed E-state index contributed by atoms with van der Waals surface area (Å²) in [4.78, 5) is 13.8. The zero-order valence-electron chi connectivity index (χ0n) is 13.8. The molecule has 1 aliphatic heterocycles. The standard InChI is InChI=1S/C21H15N3O2/c22-14-17-19(25)18(13-7-10-15-8-3-1-4-9-15)24(20(17)23)21(26)16-11-5-2-6-12-16/h1-13,23,25H. The monoisotopic (exact) mass is 341 g/mol. The van der Waals surface area contributed by atoms with E-state index < -0.39 is 5.91 Å². The van der Waals surface area contributed by atoms with E-state index in [1.54, 1.807) is 48.6 Å². The third-order valence-corrected chi connectivity index (χ3v) is 3.86. The van der Waals surface area contributed by atoms with Gasteiger partial charge in [-0.05, 0) is 23.8 Å². The van der Waals surface area contributed by atoms with Gasteiger partial charge in [-0.25, -0.2) is 0 Å². The number of allylic oxidation sites excluding steroid dienone is 2. The molecule has 5 heteroatoms. The van der Waals surface area contributed by atoms with Crippen LogP contribution in [0.1, 0.15) is 15.9 Å². The van der Waals surface area contributed by atoms with Gasteiger partial charge in [0.15, 0.2) is 11.6 Å². The van der Waals surface area contributed by atoms with E-state index >= 15 is 0 Å². The van der Waals surface area contributed by atoms with E-state index in [2.05, 4.69) is 0 Å². The van der Waals surface area contributed by atoms with Gasteiger partial charge in [-0.1, -0.05) is 60.7 Å². The fourth-order valence-corrected chi connectivity index (χ4v) is 2.57. The molecule has 0 bridgehead atoms. The maximum Gasteiger partial charge on any atom is 0.264 e. The minimum atomic E-state index is -0.480. The first-order valence-corrected chi connectivity index (χ1v) is 7.89. The molecule has 5 nitrogen and oxygen atoms in total. The number of carbonyl (C=O) groups excluding carboxylic acids is 1. The fraction of sp³-hybridized carbons (Fsp3) is 0. The zero-order chi connectivity index (χ0) is 18.5. The van der Waals surface area contributed by atoms with Crippen LogP contribution < -0.4 is 0 Å². The summed E-state index contributed by atoms with van der Waals surface area (Å²) in [5.74, 6) is -1.19. The van der Waals surface area contributed by atoms with Gasteiger partial charge in [0.2, 0.25) is 0 Å². The molecular weight excluding hydrogens is 326 g/mol. The van der Waals surface area contributed by atoms with Gasteiger partial charge in [0.25, 0.3) is 5.91 Å². The number of aliphatic hydroxyl groups is 1. The molecule has 2 N–H and O–H groups in total. The van der Waals surface area contributed by atoms with Crippen LogP contribution in [0, 0.1) is 16.7 Å². The first-order chi connectivity index (χ1) is 12.6. The third-order valence-electron chi connectivity index (χ3n) is 3.86. The minimum absolute atomic E-state index is 0.104. The second-order valence-corrected chi connectivity index (χ2v) is 5.51. The lowest BCUT2D eigenvalue weighted by atomic mass is 10.2. The van der Waals surface area contributed by atoms with E-state index in [4.69, 9.17) is 5.41 Å². The van der Waals surface area contributed by atoms with Crippen molar-refractivity contribution in [2.24, 2.45) is 0 Å². The number of hydrogen-bond donors (Lipinski definition) is 2. The number of amides is 1. The van der Waals surface area contributed by atoms with Crippen LogP contribution in [-0.2, 0) is 0 Å². The highest BCUT2D eigenvalue weighted by Crippen LogP contribution is 2.29. The highest BCUT2D eigenvalue weighted by molar-refractivity contribution is 6.17. The lowest BCUT2D eigenvalue weighted by Gasteiger charge is -2.18. The smallest absolute Gasteiger partial charge is 0.264 e. The molecule has 0 fully saturated rings. The summed E-state index contributed by atoms with van der Waals surface area (Å²) < 4.78 is 0. The molecule has 0 aliphatic carbocycles. The highest BCUT2D eigenvalue weighted by atomic mass is 16.3. The molecule has 0 radical (unpaired) electrons. The van der Waals surface area contributed by atoms with E-state index in [9.17, 15) is 15.2 Å². The molecule has 0 aromatic heterocycles. The summed E-state index contributed by atoms with van der Waals surface area (Å²) in [5, 5.41) is 27.6. The van der Waals surface area contributed by atoms with E-state index in [1.807, 2.05) is 30.3 Å². The first-order valence-electron chi connectivity index (χ1n) is 7.89. The van der Waals surface area contributed by atoms with Crippen LogP contribution in [0.25, 0.3) is 6.08 Å². The fourth-order valence-electron chi connectivity index (χ4n) is 2.57. The predicted octanol–water partition coefficient (Wildman–Crippen LogP) is 4.05. The summed E-state index contributed by atoms with van der Waals surface area (Å²) in [5.41, 5.74) is 1.19. The second-order valence-electron chi connectivity index (χ2n) is 5.51. The molecule has 0 spiro atoms. The largest absolute Gasteiger partial charge is 0.504 e. The van der Waals surface area contributed by atoms with Crippen molar-refractivity contribution in [2.75, 3.05) is 0 Å². The van der Waals surface area contributed by atoms with Crippen LogP contribution in [0.15, 0.2) is 89.8 Å². The van der Waals surface area contributed by atoms with Crippen LogP contribution >= 0.6 is 0 Å². The summed E-state index contributed by atoms with van der Waals surface area (Å²) in [6.45, 7) is 0. The average molecular weight is 341 g/mol. The van der Waals surface area contributed by atoms with Crippen LogP contribution in [0.3, 0.4) is 0 Å². The number of aliphatic hydroxyl groups excluding tert-OH is 1. The Morgan fingerprint density at radius 1 is 1.08 bits per heavy atom. The molecule has 1 heterocycles. The molecule has 0 saturated carbocycles. The van der Waals surface area contributed by atoms with Crippen LogP contribution in [0.5, 0.6) is 0 Å². The Hall–Kier alpha value is -3.91. The molecular formula is C21H15N3O2. The van der Waals surface area contributed by atoms with Crippen LogP contribution in [0.4, 0.5) is 0 Å². The number of nitrogens with zero attached hydrogens (tertiary/aromatic N) is 2. The highest BCUT2D eigenvalue weighted by Gasteiger charge is 2.36. The SMILES string of the molecule is N#CC1=C(O)C(=CC=Cc2ccccc2)N(C(=O)c2ccccc2)C1=N. The Balaban J connectivity index is 1.98. The molecule has 0 saturated heterocycles. The van der Waals surface area contributed by atoms with Crippen molar-refractivity contribution in [3.63, 3.8) is 0 Å². The Morgan fingerprint density at radius 3 is 2.31 bits per heavy atom. The summed E-state index contributed by atoms with van der Waals surface area (Å²) >= 11 is 0. The van der Waals surface area contributed by atoms with Crippen molar-refractivity contribution in [3.05, 3.63) is 101 Å². The molecule has 1 aliphatic rings. The van der Waals surface area contributed by atoms with Gasteiger partial charge in [-0.3, -0.25) is 15.1 Å². The maximum atomic E-state index is 12.8. The normalized spacial score (nSPS) is 15.7. The summed E-state index contributed by atoms with van der Waals surface area (Å²) in [6.07, 6.45) is 4.99. The minimum Gasteiger partial charge on any atom is -0.504 e. The number of rotatable bonds is 3. The Morgan fingerprint density at radius 2 is 1.69 bits per heavy atom. The lowest BCUT2D eigenvalue weighted by molar-refractivity contribution is 0.0878. The average Bonchev–Trinajstić information content (AvgIpc) is 2.92. The van der Waals surface area contributed by atoms with Crippen molar-refractivity contribution in [1.82, 2.24) is 4.90 Å². The zero-order valence-corrected chi connectivity index (χ0v) is 13.8. The molecule has 26 heavy (non-hydrogen) atoms. The van der Waals surface area contributed by atoms with Gasteiger partial charge in [0.05, 0.1) is 5.70 Å². The molecule has 2 aromatic carbocycles. The van der Waals surface area contributed by atoms with E-state index in [0.717, 1.165) is 10.5 Å². The molecule has 0 atom stereocenters. The summed E-state index contributed by atoms with van der Waals surface area (Å²) in [7, 11) is 0. The molecule has 2 aromatic rings. The van der Waals surface area contributed by atoms with Gasteiger partial charge >= 0.3 is 0 Å². The van der Waals surface area contributed by atoms with E-state index in [1.165, 1.54) is 6.08 Å². The molecule has 3 rings (SSSR count). The Bertz CT molecular complexity index is 981. The van der Waals surface area contributed by atoms with Gasteiger partial charge < -0.3 is 5.11 Å². The van der Waals surface area contributed by atoms with E-state index in [0.29, 0.717) is 5.56 Å². The number of amidine groups is 1. The topological polar surface area (TPSA) is 88.2 Å². The van der Waals surface area contributed by atoms with Crippen molar-refractivity contribution in [1.29, 1.82) is 10.7 Å². The van der Waals surface area contributed by atoms with Gasteiger partial charge in [0, 0.05) is 5.56 Å². The number of carbonyl (C=O) groups is 1. The number of nitrogens with one attached hydrogen (secondary N) is 1. The third kappa shape index (κ3) is 3.17. The van der Waals surface area contributed by atoms with Crippen LogP contribution in [-0.4, -0.2) is 21.7 Å². The molecule has 126 valence electrons. The van der Waals surface area contributed by atoms with Crippen molar-refractivity contribution in [3.8, 4) is 6.07 Å². The first kappa shape index (κ1) is 16.9. The van der Waals surface area contributed by atoms with E-state index in [-0.39, 0.29) is 22.9 Å². The van der Waals surface area contributed by atoms with Gasteiger partial charge in [-0.2, -0.15) is 5.26 Å². The maximum absolute atomic E-state index is 12.8. The van der Waals surface area contributed by atoms with Gasteiger partial charge in [0.1, 0.15) is 11.6 Å².